The number of hydrogen-bond acceptors (Lipinski definition) is 2. The van der Waals surface area contributed by atoms with Gasteiger partial charge in [-0.2, -0.15) is 11.8 Å². The van der Waals surface area contributed by atoms with Crippen LogP contribution in [0.3, 0.4) is 0 Å². The highest BCUT2D eigenvalue weighted by Gasteiger charge is 2.17. The normalized spacial score (nSPS) is 25.1. The van der Waals surface area contributed by atoms with Crippen LogP contribution in [-0.2, 0) is 6.42 Å². The summed E-state index contributed by atoms with van der Waals surface area (Å²) in [5.41, 5.74) is 2.91. The summed E-state index contributed by atoms with van der Waals surface area (Å²) >= 11 is 2.07. The Morgan fingerprint density at radius 1 is 1.28 bits per heavy atom. The molecule has 2 atom stereocenters. The minimum absolute atomic E-state index is 0.528. The molecular formula is C16H25NS. The third-order valence-electron chi connectivity index (χ3n) is 3.49. The molecule has 0 radical (unpaired) electrons. The molecule has 18 heavy (non-hydrogen) atoms. The van der Waals surface area contributed by atoms with Gasteiger partial charge in [-0.1, -0.05) is 38.1 Å². The zero-order valence-electron chi connectivity index (χ0n) is 11.8. The third-order valence-corrected chi connectivity index (χ3v) is 4.58. The van der Waals surface area contributed by atoms with E-state index in [-0.39, 0.29) is 0 Å². The summed E-state index contributed by atoms with van der Waals surface area (Å²) in [6.45, 7) is 6.85. The van der Waals surface area contributed by atoms with Crippen LogP contribution in [0.15, 0.2) is 24.3 Å². The molecule has 1 heterocycles. The molecule has 0 saturated carbocycles. The summed E-state index contributed by atoms with van der Waals surface area (Å²) in [7, 11) is 0. The second-order valence-electron chi connectivity index (χ2n) is 5.82. The van der Waals surface area contributed by atoms with Crippen LogP contribution in [0.4, 0.5) is 0 Å². The Labute approximate surface area is 116 Å². The van der Waals surface area contributed by atoms with E-state index in [0.29, 0.717) is 12.1 Å². The van der Waals surface area contributed by atoms with Gasteiger partial charge in [0.25, 0.3) is 0 Å². The summed E-state index contributed by atoms with van der Waals surface area (Å²) in [4.78, 5) is 0. The molecule has 0 spiro atoms. The lowest BCUT2D eigenvalue weighted by Crippen LogP contribution is -2.30. The van der Waals surface area contributed by atoms with Crippen LogP contribution in [0, 0.1) is 5.92 Å². The third kappa shape index (κ3) is 4.03. The second kappa shape index (κ2) is 6.63. The van der Waals surface area contributed by atoms with Gasteiger partial charge in [0.1, 0.15) is 0 Å². The Morgan fingerprint density at radius 3 is 2.67 bits per heavy atom. The van der Waals surface area contributed by atoms with Crippen molar-refractivity contribution in [1.29, 1.82) is 0 Å². The van der Waals surface area contributed by atoms with Crippen LogP contribution < -0.4 is 5.32 Å². The van der Waals surface area contributed by atoms with E-state index in [1.807, 2.05) is 0 Å². The summed E-state index contributed by atoms with van der Waals surface area (Å²) in [5, 5.41) is 3.73. The van der Waals surface area contributed by atoms with Gasteiger partial charge in [-0.15, -0.1) is 0 Å². The molecule has 1 aliphatic rings. The Balaban J connectivity index is 2.03. The average molecular weight is 263 g/mol. The van der Waals surface area contributed by atoms with Crippen LogP contribution >= 0.6 is 11.8 Å². The van der Waals surface area contributed by atoms with Crippen LogP contribution in [-0.4, -0.2) is 17.5 Å². The number of nitrogens with one attached hydrogen (secondary N) is 1. The van der Waals surface area contributed by atoms with Crippen molar-refractivity contribution in [3.05, 3.63) is 35.4 Å². The summed E-state index contributed by atoms with van der Waals surface area (Å²) < 4.78 is 0. The molecule has 1 fully saturated rings. The molecule has 1 saturated heterocycles. The predicted octanol–water partition coefficient (Wildman–Crippen LogP) is 4.04. The molecule has 0 aromatic heterocycles. The monoisotopic (exact) mass is 263 g/mol. The Bertz CT molecular complexity index is 358. The standard InChI is InChI=1S/C16H25NS/c1-12(2)10-14-4-6-15(7-5-14)16-11-18-9-8-13(3)17-16/h4-7,12-13,16-17H,8-11H2,1-3H3. The molecule has 0 aliphatic carbocycles. The van der Waals surface area contributed by atoms with Gasteiger partial charge in [0, 0.05) is 17.8 Å². The first-order valence-corrected chi connectivity index (χ1v) is 8.23. The fourth-order valence-electron chi connectivity index (χ4n) is 2.49. The smallest absolute Gasteiger partial charge is 0.0413 e. The maximum atomic E-state index is 3.73. The maximum absolute atomic E-state index is 3.73. The van der Waals surface area contributed by atoms with Crippen LogP contribution in [0.25, 0.3) is 0 Å². The predicted molar refractivity (Wildman–Crippen MR) is 82.3 cm³/mol. The highest BCUT2D eigenvalue weighted by molar-refractivity contribution is 7.99. The van der Waals surface area contributed by atoms with Crippen molar-refractivity contribution in [2.75, 3.05) is 11.5 Å². The molecule has 1 nitrogen and oxygen atoms in total. The van der Waals surface area contributed by atoms with Crippen molar-refractivity contribution >= 4 is 11.8 Å². The molecule has 2 rings (SSSR count). The molecule has 2 unspecified atom stereocenters. The number of thioether (sulfide) groups is 1. The number of rotatable bonds is 3. The SMILES string of the molecule is CC(C)Cc1ccc(C2CSCCC(C)N2)cc1. The molecule has 2 heteroatoms. The van der Waals surface area contributed by atoms with Gasteiger partial charge in [-0.25, -0.2) is 0 Å². The molecule has 1 N–H and O–H groups in total. The first-order chi connectivity index (χ1) is 8.65. The fourth-order valence-corrected chi connectivity index (χ4v) is 3.70. The van der Waals surface area contributed by atoms with Crippen LogP contribution in [0.1, 0.15) is 44.4 Å². The van der Waals surface area contributed by atoms with Crippen LogP contribution in [0.2, 0.25) is 0 Å². The van der Waals surface area contributed by atoms with Crippen molar-refractivity contribution in [3.8, 4) is 0 Å². The van der Waals surface area contributed by atoms with Crippen molar-refractivity contribution in [2.24, 2.45) is 5.92 Å². The Morgan fingerprint density at radius 2 is 2.00 bits per heavy atom. The zero-order chi connectivity index (χ0) is 13.0. The molecule has 1 aliphatic heterocycles. The summed E-state index contributed by atoms with van der Waals surface area (Å²) in [6, 6.07) is 10.4. The van der Waals surface area contributed by atoms with Crippen molar-refractivity contribution in [1.82, 2.24) is 5.32 Å². The minimum Gasteiger partial charge on any atom is -0.307 e. The van der Waals surface area contributed by atoms with E-state index in [0.717, 1.165) is 5.92 Å². The fraction of sp³-hybridized carbons (Fsp3) is 0.625. The first-order valence-electron chi connectivity index (χ1n) is 7.08. The van der Waals surface area contributed by atoms with Gasteiger partial charge >= 0.3 is 0 Å². The van der Waals surface area contributed by atoms with Crippen LogP contribution in [0.5, 0.6) is 0 Å². The molecular weight excluding hydrogens is 238 g/mol. The van der Waals surface area contributed by atoms with Crippen molar-refractivity contribution in [3.63, 3.8) is 0 Å². The summed E-state index contributed by atoms with van der Waals surface area (Å²) in [6.07, 6.45) is 2.47. The second-order valence-corrected chi connectivity index (χ2v) is 6.97. The van der Waals surface area contributed by atoms with Crippen molar-refractivity contribution in [2.45, 2.75) is 45.7 Å². The van der Waals surface area contributed by atoms with E-state index in [9.17, 15) is 0 Å². The molecule has 0 bridgehead atoms. The van der Waals surface area contributed by atoms with Gasteiger partial charge < -0.3 is 5.32 Å². The van der Waals surface area contributed by atoms with E-state index >= 15 is 0 Å². The average Bonchev–Trinajstić information content (AvgIpc) is 2.54. The topological polar surface area (TPSA) is 12.0 Å². The van der Waals surface area contributed by atoms with Gasteiger partial charge in [-0.3, -0.25) is 0 Å². The highest BCUT2D eigenvalue weighted by atomic mass is 32.2. The largest absolute Gasteiger partial charge is 0.307 e. The van der Waals surface area contributed by atoms with E-state index < -0.39 is 0 Å². The van der Waals surface area contributed by atoms with Gasteiger partial charge in [0.15, 0.2) is 0 Å². The molecule has 1 aromatic carbocycles. The first kappa shape index (κ1) is 14.0. The molecule has 100 valence electrons. The van der Waals surface area contributed by atoms with Gasteiger partial charge in [-0.05, 0) is 42.6 Å². The van der Waals surface area contributed by atoms with E-state index in [4.69, 9.17) is 0 Å². The number of hydrogen-bond donors (Lipinski definition) is 1. The Hall–Kier alpha value is -0.470. The lowest BCUT2D eigenvalue weighted by Gasteiger charge is -2.20. The van der Waals surface area contributed by atoms with E-state index in [1.54, 1.807) is 0 Å². The minimum atomic E-state index is 0.528. The van der Waals surface area contributed by atoms with Gasteiger partial charge in [0.05, 0.1) is 0 Å². The van der Waals surface area contributed by atoms with E-state index in [2.05, 4.69) is 62.1 Å². The maximum Gasteiger partial charge on any atom is 0.0413 e. The van der Waals surface area contributed by atoms with Gasteiger partial charge in [0.2, 0.25) is 0 Å². The lowest BCUT2D eigenvalue weighted by molar-refractivity contribution is 0.485. The Kier molecular flexibility index (Phi) is 5.13. The van der Waals surface area contributed by atoms with Crippen molar-refractivity contribution < 1.29 is 0 Å². The zero-order valence-corrected chi connectivity index (χ0v) is 12.6. The quantitative estimate of drug-likeness (QED) is 0.883. The lowest BCUT2D eigenvalue weighted by atomic mass is 9.99. The van der Waals surface area contributed by atoms with E-state index in [1.165, 1.54) is 35.5 Å². The number of benzene rings is 1. The molecule has 1 aromatic rings. The highest BCUT2D eigenvalue weighted by Crippen LogP contribution is 2.24. The summed E-state index contributed by atoms with van der Waals surface area (Å²) in [5.74, 6) is 3.23. The molecule has 0 amide bonds.